The Morgan fingerprint density at radius 2 is 1.83 bits per heavy atom. The molecular weight excluding hydrogens is 604 g/mol. The van der Waals surface area contributed by atoms with Crippen LogP contribution in [0.1, 0.15) is 64.1 Å². The monoisotopic (exact) mass is 645 g/mol. The van der Waals surface area contributed by atoms with Gasteiger partial charge in [0.1, 0.15) is 15.7 Å². The number of thioether (sulfide) groups is 1. The number of carbonyl (C=O) groups is 1. The molecule has 0 spiro atoms. The van der Waals surface area contributed by atoms with Gasteiger partial charge in [-0.2, -0.15) is 4.57 Å². The molecule has 0 saturated carbocycles. The van der Waals surface area contributed by atoms with Crippen LogP contribution >= 0.6 is 46.0 Å². The first-order valence-electron chi connectivity index (χ1n) is 14.3. The Kier molecular flexibility index (Phi) is 15.3. The van der Waals surface area contributed by atoms with E-state index in [2.05, 4.69) is 30.5 Å². The zero-order valence-corrected chi connectivity index (χ0v) is 29.0. The Morgan fingerprint density at radius 1 is 1.14 bits per heavy atom. The molecule has 0 aliphatic heterocycles. The van der Waals surface area contributed by atoms with Crippen molar-refractivity contribution >= 4 is 63.0 Å². The minimum absolute atomic E-state index is 0.142. The van der Waals surface area contributed by atoms with Crippen LogP contribution < -0.4 is 19.3 Å². The Hall–Kier alpha value is -2.65. The molecule has 0 fully saturated rings. The van der Waals surface area contributed by atoms with E-state index in [1.54, 1.807) is 23.1 Å². The quantitative estimate of drug-likeness (QED) is 0.109. The lowest BCUT2D eigenvalue weighted by Gasteiger charge is -2.14. The van der Waals surface area contributed by atoms with Crippen molar-refractivity contribution in [2.75, 3.05) is 7.11 Å². The summed E-state index contributed by atoms with van der Waals surface area (Å²) in [7, 11) is 1.34. The number of esters is 1. The molecule has 0 aliphatic carbocycles. The van der Waals surface area contributed by atoms with Crippen LogP contribution in [-0.4, -0.2) is 17.6 Å². The van der Waals surface area contributed by atoms with Crippen molar-refractivity contribution in [3.05, 3.63) is 101 Å². The van der Waals surface area contributed by atoms with Crippen LogP contribution in [0.15, 0.2) is 69.8 Å². The molecular formula is C33H42ClN2O3S3+. The summed E-state index contributed by atoms with van der Waals surface area (Å²) in [5.74, 6) is -0.313. The summed E-state index contributed by atoms with van der Waals surface area (Å²) in [4.78, 5) is 28.1. The summed E-state index contributed by atoms with van der Waals surface area (Å²) < 4.78 is 9.97. The molecule has 0 amide bonds. The van der Waals surface area contributed by atoms with Crippen LogP contribution in [-0.2, 0) is 22.6 Å². The second kappa shape index (κ2) is 18.1. The number of nitrogens with zero attached hydrogens (tertiary/aromatic N) is 2. The van der Waals surface area contributed by atoms with Crippen LogP contribution in [0, 0.1) is 12.8 Å². The molecule has 2 heterocycles. The van der Waals surface area contributed by atoms with Crippen LogP contribution in [0.5, 0.6) is 0 Å². The number of benzene rings is 2. The molecule has 0 aliphatic rings. The summed E-state index contributed by atoms with van der Waals surface area (Å²) in [6.07, 6.45) is 4.91. The molecule has 2 aromatic carbocycles. The number of aromatic nitrogens is 2. The molecule has 4 rings (SSSR count). The predicted molar refractivity (Wildman–Crippen MR) is 181 cm³/mol. The molecule has 0 bridgehead atoms. The Labute approximate surface area is 267 Å². The molecule has 5 nitrogen and oxygen atoms in total. The van der Waals surface area contributed by atoms with Gasteiger partial charge in [0.2, 0.25) is 0 Å². The highest BCUT2D eigenvalue weighted by Gasteiger charge is 2.19. The Balaban J connectivity index is 0.00000148. The highest BCUT2D eigenvalue weighted by Crippen LogP contribution is 2.36. The van der Waals surface area contributed by atoms with Gasteiger partial charge in [0.05, 0.1) is 18.6 Å². The molecule has 0 radical (unpaired) electrons. The number of halogens is 1. The van der Waals surface area contributed by atoms with E-state index in [0.717, 1.165) is 26.8 Å². The van der Waals surface area contributed by atoms with Gasteiger partial charge < -0.3 is 4.74 Å². The molecule has 0 saturated heterocycles. The van der Waals surface area contributed by atoms with Crippen molar-refractivity contribution in [2.45, 2.75) is 72.9 Å². The highest BCUT2D eigenvalue weighted by atomic mass is 35.5. The van der Waals surface area contributed by atoms with E-state index in [0.29, 0.717) is 20.8 Å². The number of aryl methyl sites for hydroxylation is 1. The summed E-state index contributed by atoms with van der Waals surface area (Å²) in [6, 6.07) is 16.0. The summed E-state index contributed by atoms with van der Waals surface area (Å²) in [5.41, 5.74) is 2.10. The van der Waals surface area contributed by atoms with Gasteiger partial charge >= 0.3 is 5.97 Å². The van der Waals surface area contributed by atoms with Gasteiger partial charge in [-0.25, -0.2) is 0 Å². The molecule has 9 heteroatoms. The number of rotatable bonds is 9. The average Bonchev–Trinajstić information content (AvgIpc) is 3.58. The number of methoxy groups -OCH3 is 1. The van der Waals surface area contributed by atoms with E-state index in [4.69, 9.17) is 16.3 Å². The van der Waals surface area contributed by atoms with E-state index >= 15 is 0 Å². The fourth-order valence-electron chi connectivity index (χ4n) is 3.84. The van der Waals surface area contributed by atoms with Gasteiger partial charge in [-0.05, 0) is 37.0 Å². The normalized spacial score (nSPS) is 12.5. The summed E-state index contributed by atoms with van der Waals surface area (Å²) in [6.45, 7) is 14.9. The number of thiazole rings is 2. The zero-order valence-electron chi connectivity index (χ0n) is 25.8. The van der Waals surface area contributed by atoms with Gasteiger partial charge in [0.25, 0.3) is 10.6 Å². The van der Waals surface area contributed by atoms with Gasteiger partial charge in [-0.15, -0.1) is 11.3 Å². The molecule has 4 aromatic rings. The van der Waals surface area contributed by atoms with Gasteiger partial charge in [-0.1, -0.05) is 113 Å². The zero-order chi connectivity index (χ0) is 31.2. The van der Waals surface area contributed by atoms with Gasteiger partial charge in [0, 0.05) is 20.4 Å². The molecule has 2 aromatic heterocycles. The predicted octanol–water partition coefficient (Wildman–Crippen LogP) is 7.27. The smallest absolute Gasteiger partial charge is 0.325 e. The van der Waals surface area contributed by atoms with E-state index in [9.17, 15) is 9.59 Å². The van der Waals surface area contributed by atoms with Crippen molar-refractivity contribution in [2.24, 2.45) is 5.92 Å². The van der Waals surface area contributed by atoms with E-state index < -0.39 is 5.97 Å². The number of carbonyl (C=O) groups excluding carboxylic acids is 1. The van der Waals surface area contributed by atoms with Gasteiger partial charge in [-0.3, -0.25) is 14.2 Å². The van der Waals surface area contributed by atoms with E-state index in [1.807, 2.05) is 88.7 Å². The molecule has 1 unspecified atom stereocenters. The van der Waals surface area contributed by atoms with Gasteiger partial charge in [0.15, 0.2) is 12.7 Å². The standard InChI is InChI=1S/C29H30ClN2O3S3.2C2H6/c1-5-19(2)27(37-23-15-22(30)12-11-20(23)3)28-29(34)32(18-26(33)35-4)25(38-28)16-24-31(13-14-36-24)17-21-9-7-6-8-10-21;2*1-2/h6-16,19H,5,17-18H2,1-4H3;2*1-2H3/q+1;;/b28-27+;;. The lowest BCUT2D eigenvalue weighted by atomic mass is 10.1. The first-order valence-corrected chi connectivity index (χ1v) is 17.2. The molecule has 0 N–H and O–H groups in total. The second-order valence-corrected chi connectivity index (χ2v) is 12.4. The number of hydrogen-bond donors (Lipinski definition) is 0. The third-order valence-electron chi connectivity index (χ3n) is 6.24. The fourth-order valence-corrected chi connectivity index (χ4v) is 7.52. The lowest BCUT2D eigenvalue weighted by Crippen LogP contribution is -2.37. The third-order valence-corrected chi connectivity index (χ3v) is 10.1. The first kappa shape index (κ1) is 35.5. The minimum Gasteiger partial charge on any atom is -0.468 e. The second-order valence-electron chi connectivity index (χ2n) is 8.92. The largest absolute Gasteiger partial charge is 0.468 e. The van der Waals surface area contributed by atoms with Crippen LogP contribution in [0.25, 0.3) is 11.0 Å². The average molecular weight is 646 g/mol. The van der Waals surface area contributed by atoms with Crippen molar-refractivity contribution in [3.63, 3.8) is 0 Å². The molecule has 42 heavy (non-hydrogen) atoms. The summed E-state index contributed by atoms with van der Waals surface area (Å²) >= 11 is 10.9. The Morgan fingerprint density at radius 3 is 2.48 bits per heavy atom. The summed E-state index contributed by atoms with van der Waals surface area (Å²) in [5, 5.41) is 3.68. The van der Waals surface area contributed by atoms with Crippen LogP contribution in [0.2, 0.25) is 5.02 Å². The maximum atomic E-state index is 13.8. The number of ether oxygens (including phenoxy) is 1. The van der Waals surface area contributed by atoms with Crippen molar-refractivity contribution < 1.29 is 14.1 Å². The SMILES string of the molecule is CC.CC.CCC(C)/C(Sc1cc(Cl)ccc1C)=c1\s/c(=C\c2scc[n+]2Cc2ccccc2)n(CC(=O)OC)c1=O. The van der Waals surface area contributed by atoms with E-state index in [1.165, 1.54) is 28.6 Å². The lowest BCUT2D eigenvalue weighted by molar-refractivity contribution is -0.685. The fraction of sp³-hybridized carbons (Fsp3) is 0.364. The maximum absolute atomic E-state index is 13.8. The minimum atomic E-state index is -0.460. The molecule has 226 valence electrons. The van der Waals surface area contributed by atoms with Crippen LogP contribution in [0.4, 0.5) is 0 Å². The van der Waals surface area contributed by atoms with E-state index in [-0.39, 0.29) is 18.0 Å². The number of hydrogen-bond acceptors (Lipinski definition) is 6. The Bertz CT molecular complexity index is 1610. The topological polar surface area (TPSA) is 52.2 Å². The molecule has 1 atom stereocenters. The van der Waals surface area contributed by atoms with Crippen molar-refractivity contribution in [3.8, 4) is 0 Å². The highest BCUT2D eigenvalue weighted by molar-refractivity contribution is 8.08. The maximum Gasteiger partial charge on any atom is 0.325 e. The van der Waals surface area contributed by atoms with Crippen LogP contribution in [0.3, 0.4) is 0 Å². The van der Waals surface area contributed by atoms with Crippen molar-refractivity contribution in [1.29, 1.82) is 0 Å². The van der Waals surface area contributed by atoms with Crippen molar-refractivity contribution in [1.82, 2.24) is 4.57 Å². The third kappa shape index (κ3) is 9.43. The first-order chi connectivity index (χ1) is 20.3.